The predicted octanol–water partition coefficient (Wildman–Crippen LogP) is 4.29. The van der Waals surface area contributed by atoms with Crippen LogP contribution in [-0.2, 0) is 0 Å². The van der Waals surface area contributed by atoms with Crippen LogP contribution in [0.25, 0.3) is 0 Å². The minimum atomic E-state index is 0.134. The van der Waals surface area contributed by atoms with Crippen LogP contribution in [0.1, 0.15) is 66.2 Å². The maximum atomic E-state index is 8.89. The van der Waals surface area contributed by atoms with Crippen LogP contribution in [-0.4, -0.2) is 49.1 Å². The normalized spacial score (nSPS) is 13.7. The summed E-state index contributed by atoms with van der Waals surface area (Å²) in [5.74, 6) is 0.269. The van der Waals surface area contributed by atoms with Crippen LogP contribution >= 0.6 is 0 Å². The molecule has 0 unspecified atom stereocenters. The topological polar surface area (TPSA) is 54.1 Å². The van der Waals surface area contributed by atoms with Gasteiger partial charge in [-0.1, -0.05) is 39.5 Å². The lowest BCUT2D eigenvalue weighted by atomic mass is 10.1. The highest BCUT2D eigenvalue weighted by Crippen LogP contribution is 2.09. The summed E-state index contributed by atoms with van der Waals surface area (Å²) in [6.45, 7) is 14.5. The van der Waals surface area contributed by atoms with E-state index >= 15 is 0 Å². The summed E-state index contributed by atoms with van der Waals surface area (Å²) in [4.78, 5) is 4.78. The first-order valence-corrected chi connectivity index (χ1v) is 9.81. The molecule has 0 aromatic rings. The van der Waals surface area contributed by atoms with E-state index in [1.54, 1.807) is 0 Å². The Labute approximate surface area is 150 Å². The third-order valence-electron chi connectivity index (χ3n) is 4.60. The third-order valence-corrected chi connectivity index (χ3v) is 4.60. The average molecular weight is 335 g/mol. The number of nitriles is 2. The van der Waals surface area contributed by atoms with E-state index in [1.807, 2.05) is 13.8 Å². The molecule has 4 nitrogen and oxygen atoms in total. The van der Waals surface area contributed by atoms with Gasteiger partial charge < -0.3 is 9.80 Å². The fourth-order valence-corrected chi connectivity index (χ4v) is 2.99. The van der Waals surface area contributed by atoms with Crippen molar-refractivity contribution in [1.82, 2.24) is 9.80 Å². The molecule has 138 valence electrons. The fraction of sp³-hybridized carbons (Fsp3) is 0.900. The second-order valence-corrected chi connectivity index (χ2v) is 6.97. The summed E-state index contributed by atoms with van der Waals surface area (Å²) < 4.78 is 0. The molecule has 0 aliphatic rings. The Kier molecular flexibility index (Phi) is 14.7. The molecule has 24 heavy (non-hydrogen) atoms. The van der Waals surface area contributed by atoms with Crippen molar-refractivity contribution in [2.45, 2.75) is 66.2 Å². The average Bonchev–Trinajstić information content (AvgIpc) is 2.60. The quantitative estimate of drug-likeness (QED) is 0.419. The number of rotatable bonds is 15. The Balaban J connectivity index is 3.59. The molecular formula is C20H38N4. The second kappa shape index (κ2) is 15.4. The lowest BCUT2D eigenvalue weighted by Gasteiger charge is -2.21. The van der Waals surface area contributed by atoms with Gasteiger partial charge in [0.05, 0.1) is 24.0 Å². The zero-order valence-electron chi connectivity index (χ0n) is 16.4. The molecule has 0 saturated heterocycles. The predicted molar refractivity (Wildman–Crippen MR) is 101 cm³/mol. The number of nitrogens with zero attached hydrogens (tertiary/aromatic N) is 4. The lowest BCUT2D eigenvalue weighted by molar-refractivity contribution is 0.258. The smallest absolute Gasteiger partial charge is 0.0666 e. The van der Waals surface area contributed by atoms with Crippen LogP contribution in [0.5, 0.6) is 0 Å². The van der Waals surface area contributed by atoms with Crippen LogP contribution in [0.2, 0.25) is 0 Å². The first-order valence-electron chi connectivity index (χ1n) is 9.81. The minimum absolute atomic E-state index is 0.134. The van der Waals surface area contributed by atoms with Crippen molar-refractivity contribution in [1.29, 1.82) is 10.5 Å². The van der Waals surface area contributed by atoms with E-state index in [2.05, 4.69) is 35.8 Å². The number of unbranched alkanes of at least 4 members (excludes halogenated alkanes) is 5. The molecule has 0 N–H and O–H groups in total. The molecule has 0 saturated carbocycles. The monoisotopic (exact) mass is 334 g/mol. The van der Waals surface area contributed by atoms with Gasteiger partial charge in [-0.25, -0.2) is 0 Å². The van der Waals surface area contributed by atoms with Crippen LogP contribution < -0.4 is 0 Å². The molecule has 4 heteroatoms. The largest absolute Gasteiger partial charge is 0.302 e. The Hall–Kier alpha value is -1.10. The van der Waals surface area contributed by atoms with E-state index in [1.165, 1.54) is 38.5 Å². The van der Waals surface area contributed by atoms with Crippen molar-refractivity contribution in [3.8, 4) is 12.1 Å². The van der Waals surface area contributed by atoms with Crippen molar-refractivity contribution in [2.75, 3.05) is 39.3 Å². The third kappa shape index (κ3) is 12.3. The lowest BCUT2D eigenvalue weighted by Crippen LogP contribution is -2.29. The van der Waals surface area contributed by atoms with Gasteiger partial charge in [-0.15, -0.1) is 0 Å². The minimum Gasteiger partial charge on any atom is -0.302 e. The van der Waals surface area contributed by atoms with E-state index in [9.17, 15) is 0 Å². The highest BCUT2D eigenvalue weighted by Gasteiger charge is 2.08. The number of hydrogen-bond donors (Lipinski definition) is 0. The maximum absolute atomic E-state index is 8.89. The van der Waals surface area contributed by atoms with Crippen molar-refractivity contribution in [3.63, 3.8) is 0 Å². The van der Waals surface area contributed by atoms with Gasteiger partial charge in [-0.05, 0) is 52.9 Å². The molecule has 2 atom stereocenters. The van der Waals surface area contributed by atoms with Crippen molar-refractivity contribution in [3.05, 3.63) is 0 Å². The maximum Gasteiger partial charge on any atom is 0.0666 e. The summed E-state index contributed by atoms with van der Waals surface area (Å²) >= 11 is 0. The molecule has 0 amide bonds. The molecule has 0 heterocycles. The van der Waals surface area contributed by atoms with E-state index < -0.39 is 0 Å². The molecule has 0 aliphatic heterocycles. The summed E-state index contributed by atoms with van der Waals surface area (Å²) in [6.07, 6.45) is 7.69. The molecule has 0 rings (SSSR count). The molecule has 0 radical (unpaired) electrons. The van der Waals surface area contributed by atoms with E-state index in [0.717, 1.165) is 39.3 Å². The summed E-state index contributed by atoms with van der Waals surface area (Å²) in [5.41, 5.74) is 0. The van der Waals surface area contributed by atoms with E-state index in [0.29, 0.717) is 0 Å². The van der Waals surface area contributed by atoms with Crippen LogP contribution in [0.15, 0.2) is 0 Å². The van der Waals surface area contributed by atoms with Crippen LogP contribution in [0.4, 0.5) is 0 Å². The Morgan fingerprint density at radius 3 is 1.29 bits per heavy atom. The Morgan fingerprint density at radius 1 is 0.667 bits per heavy atom. The van der Waals surface area contributed by atoms with Gasteiger partial charge in [-0.2, -0.15) is 10.5 Å². The van der Waals surface area contributed by atoms with Crippen LogP contribution in [0, 0.1) is 34.5 Å². The summed E-state index contributed by atoms with van der Waals surface area (Å²) in [7, 11) is 0. The first kappa shape index (κ1) is 22.9. The van der Waals surface area contributed by atoms with E-state index in [4.69, 9.17) is 10.5 Å². The SMILES string of the molecule is CCN(CCCCCCCCN(CC)C[C@@H](C)C#N)C[C@H](C)C#N. The van der Waals surface area contributed by atoms with Gasteiger partial charge in [0.25, 0.3) is 0 Å². The summed E-state index contributed by atoms with van der Waals surface area (Å²) in [6, 6.07) is 4.64. The van der Waals surface area contributed by atoms with Crippen molar-refractivity contribution in [2.24, 2.45) is 11.8 Å². The first-order chi connectivity index (χ1) is 11.6. The van der Waals surface area contributed by atoms with Gasteiger partial charge in [-0.3, -0.25) is 0 Å². The molecule has 0 fully saturated rings. The Bertz CT molecular complexity index is 333. The molecule has 0 aromatic carbocycles. The van der Waals surface area contributed by atoms with Crippen molar-refractivity contribution >= 4 is 0 Å². The van der Waals surface area contributed by atoms with Gasteiger partial charge in [0.15, 0.2) is 0 Å². The molecule has 0 spiro atoms. The van der Waals surface area contributed by atoms with Crippen LogP contribution in [0.3, 0.4) is 0 Å². The Morgan fingerprint density at radius 2 is 1.00 bits per heavy atom. The van der Waals surface area contributed by atoms with E-state index in [-0.39, 0.29) is 11.8 Å². The second-order valence-electron chi connectivity index (χ2n) is 6.97. The molecular weight excluding hydrogens is 296 g/mol. The van der Waals surface area contributed by atoms with Gasteiger partial charge in [0.1, 0.15) is 0 Å². The summed E-state index contributed by atoms with van der Waals surface area (Å²) in [5, 5.41) is 17.8. The fourth-order valence-electron chi connectivity index (χ4n) is 2.99. The zero-order chi connectivity index (χ0) is 18.2. The van der Waals surface area contributed by atoms with Gasteiger partial charge >= 0.3 is 0 Å². The van der Waals surface area contributed by atoms with Gasteiger partial charge in [0.2, 0.25) is 0 Å². The molecule has 0 bridgehead atoms. The van der Waals surface area contributed by atoms with Crippen molar-refractivity contribution < 1.29 is 0 Å². The van der Waals surface area contributed by atoms with Gasteiger partial charge in [0, 0.05) is 13.1 Å². The standard InChI is InChI=1S/C20H38N4/c1-5-23(17-19(3)15-21)13-11-9-7-8-10-12-14-24(6-2)18-20(4)16-22/h19-20H,5-14,17-18H2,1-4H3/t19-,20+. The molecule has 0 aromatic heterocycles. The highest BCUT2D eigenvalue weighted by molar-refractivity contribution is 4.81. The highest BCUT2D eigenvalue weighted by atomic mass is 15.1. The number of hydrogen-bond acceptors (Lipinski definition) is 4. The zero-order valence-corrected chi connectivity index (χ0v) is 16.4. The molecule has 0 aliphatic carbocycles.